The fourth-order valence-electron chi connectivity index (χ4n) is 1.41. The number of rotatable bonds is 2. The summed E-state index contributed by atoms with van der Waals surface area (Å²) < 4.78 is 0. The number of nitrogens with one attached hydrogen (secondary N) is 1. The van der Waals surface area contributed by atoms with Gasteiger partial charge in [-0.15, -0.1) is 0 Å². The molecule has 0 aliphatic heterocycles. The van der Waals surface area contributed by atoms with Crippen LogP contribution in [0.15, 0.2) is 12.1 Å². The topological polar surface area (TPSA) is 55.2 Å². The van der Waals surface area contributed by atoms with E-state index in [-0.39, 0.29) is 10.6 Å². The Bertz CT molecular complexity index is 348. The van der Waals surface area contributed by atoms with E-state index in [9.17, 15) is 10.1 Å². The van der Waals surface area contributed by atoms with E-state index >= 15 is 0 Å². The molecule has 0 unspecified atom stereocenters. The van der Waals surface area contributed by atoms with Crippen molar-refractivity contribution in [1.29, 1.82) is 0 Å². The quantitative estimate of drug-likeness (QED) is 0.561. The van der Waals surface area contributed by atoms with E-state index in [4.69, 9.17) is 0 Å². The fraction of sp³-hybridized carbons (Fsp3) is 0.333. The smallest absolute Gasteiger partial charge is 0.292 e. The van der Waals surface area contributed by atoms with Crippen molar-refractivity contribution >= 4 is 11.4 Å². The van der Waals surface area contributed by atoms with Gasteiger partial charge in [-0.3, -0.25) is 10.1 Å². The molecule has 13 heavy (non-hydrogen) atoms. The second-order valence-corrected chi connectivity index (χ2v) is 2.98. The molecule has 0 aliphatic rings. The average molecular weight is 180 g/mol. The molecule has 1 aromatic rings. The highest BCUT2D eigenvalue weighted by molar-refractivity contribution is 5.66. The zero-order valence-corrected chi connectivity index (χ0v) is 7.92. The Balaban J connectivity index is 3.38. The molecule has 4 heteroatoms. The van der Waals surface area contributed by atoms with Crippen LogP contribution in [0.1, 0.15) is 11.1 Å². The fourth-order valence-corrected chi connectivity index (χ4v) is 1.41. The van der Waals surface area contributed by atoms with E-state index in [2.05, 4.69) is 5.32 Å². The van der Waals surface area contributed by atoms with Crippen molar-refractivity contribution in [2.45, 2.75) is 13.8 Å². The largest absolute Gasteiger partial charge is 0.382 e. The summed E-state index contributed by atoms with van der Waals surface area (Å²) in [5.74, 6) is 0. The van der Waals surface area contributed by atoms with Gasteiger partial charge in [0.25, 0.3) is 5.69 Å². The van der Waals surface area contributed by atoms with E-state index < -0.39 is 0 Å². The SMILES string of the molecule is CNc1c(C)cc(C)cc1[N+](=O)[O-]. The summed E-state index contributed by atoms with van der Waals surface area (Å²) in [6.07, 6.45) is 0. The molecule has 0 aliphatic carbocycles. The first-order valence-corrected chi connectivity index (χ1v) is 3.99. The minimum Gasteiger partial charge on any atom is -0.382 e. The van der Waals surface area contributed by atoms with Crippen LogP contribution >= 0.6 is 0 Å². The summed E-state index contributed by atoms with van der Waals surface area (Å²) in [5, 5.41) is 13.5. The Morgan fingerprint density at radius 2 is 2.00 bits per heavy atom. The van der Waals surface area contributed by atoms with Crippen LogP contribution in [0, 0.1) is 24.0 Å². The average Bonchev–Trinajstić information content (AvgIpc) is 2.02. The molecule has 0 saturated carbocycles. The van der Waals surface area contributed by atoms with E-state index in [1.807, 2.05) is 19.9 Å². The number of hydrogen-bond donors (Lipinski definition) is 1. The predicted molar refractivity (Wildman–Crippen MR) is 52.1 cm³/mol. The summed E-state index contributed by atoms with van der Waals surface area (Å²) in [5.41, 5.74) is 2.54. The van der Waals surface area contributed by atoms with Gasteiger partial charge in [0.05, 0.1) is 4.92 Å². The van der Waals surface area contributed by atoms with Crippen molar-refractivity contribution in [3.63, 3.8) is 0 Å². The molecule has 0 radical (unpaired) electrons. The number of hydrogen-bond acceptors (Lipinski definition) is 3. The highest BCUT2D eigenvalue weighted by Gasteiger charge is 2.14. The molecule has 1 N–H and O–H groups in total. The predicted octanol–water partition coefficient (Wildman–Crippen LogP) is 2.25. The van der Waals surface area contributed by atoms with Crippen LogP contribution in [0.3, 0.4) is 0 Å². The standard InChI is InChI=1S/C9H12N2O2/c1-6-4-7(2)9(10-3)8(5-6)11(12)13/h4-5,10H,1-3H3. The summed E-state index contributed by atoms with van der Waals surface area (Å²) in [7, 11) is 1.69. The van der Waals surface area contributed by atoms with Crippen LogP contribution in [-0.2, 0) is 0 Å². The third-order valence-corrected chi connectivity index (χ3v) is 1.91. The molecule has 0 heterocycles. The molecule has 0 aromatic heterocycles. The highest BCUT2D eigenvalue weighted by atomic mass is 16.6. The zero-order chi connectivity index (χ0) is 10.0. The van der Waals surface area contributed by atoms with Gasteiger partial charge in [-0.2, -0.15) is 0 Å². The lowest BCUT2D eigenvalue weighted by Crippen LogP contribution is -1.99. The van der Waals surface area contributed by atoms with E-state index in [0.717, 1.165) is 11.1 Å². The van der Waals surface area contributed by atoms with Crippen molar-refractivity contribution in [3.05, 3.63) is 33.4 Å². The van der Waals surface area contributed by atoms with Gasteiger partial charge in [-0.25, -0.2) is 0 Å². The van der Waals surface area contributed by atoms with Crippen LogP contribution in [0.4, 0.5) is 11.4 Å². The van der Waals surface area contributed by atoms with Crippen LogP contribution in [0.5, 0.6) is 0 Å². The highest BCUT2D eigenvalue weighted by Crippen LogP contribution is 2.28. The second kappa shape index (κ2) is 3.43. The van der Waals surface area contributed by atoms with E-state index in [1.165, 1.54) is 0 Å². The number of aryl methyl sites for hydroxylation is 2. The van der Waals surface area contributed by atoms with Crippen molar-refractivity contribution < 1.29 is 4.92 Å². The van der Waals surface area contributed by atoms with Crippen molar-refractivity contribution in [2.24, 2.45) is 0 Å². The lowest BCUT2D eigenvalue weighted by Gasteiger charge is -2.06. The zero-order valence-electron chi connectivity index (χ0n) is 7.92. The molecule has 0 amide bonds. The normalized spacial score (nSPS) is 9.77. The van der Waals surface area contributed by atoms with Gasteiger partial charge in [0.2, 0.25) is 0 Å². The Morgan fingerprint density at radius 3 is 2.46 bits per heavy atom. The Hall–Kier alpha value is -1.58. The lowest BCUT2D eigenvalue weighted by molar-refractivity contribution is -0.384. The van der Waals surface area contributed by atoms with Gasteiger partial charge in [0.1, 0.15) is 5.69 Å². The first-order chi connectivity index (χ1) is 6.06. The Morgan fingerprint density at radius 1 is 1.38 bits per heavy atom. The van der Waals surface area contributed by atoms with Gasteiger partial charge in [0, 0.05) is 13.1 Å². The van der Waals surface area contributed by atoms with Gasteiger partial charge in [-0.05, 0) is 25.0 Å². The van der Waals surface area contributed by atoms with Crippen LogP contribution in [0.2, 0.25) is 0 Å². The van der Waals surface area contributed by atoms with Gasteiger partial charge < -0.3 is 5.32 Å². The number of nitro groups is 1. The third kappa shape index (κ3) is 1.77. The molecule has 0 fully saturated rings. The van der Waals surface area contributed by atoms with E-state index in [0.29, 0.717) is 5.69 Å². The molecule has 70 valence electrons. The molecule has 0 spiro atoms. The molecule has 0 atom stereocenters. The first-order valence-electron chi connectivity index (χ1n) is 3.99. The molecule has 1 aromatic carbocycles. The molecular weight excluding hydrogens is 168 g/mol. The maximum Gasteiger partial charge on any atom is 0.292 e. The minimum absolute atomic E-state index is 0.139. The molecule has 4 nitrogen and oxygen atoms in total. The van der Waals surface area contributed by atoms with Gasteiger partial charge in [0.15, 0.2) is 0 Å². The minimum atomic E-state index is -0.369. The summed E-state index contributed by atoms with van der Waals surface area (Å²) in [6, 6.07) is 3.48. The maximum atomic E-state index is 10.7. The van der Waals surface area contributed by atoms with Crippen molar-refractivity contribution in [2.75, 3.05) is 12.4 Å². The van der Waals surface area contributed by atoms with Gasteiger partial charge >= 0.3 is 0 Å². The number of benzene rings is 1. The number of anilines is 1. The van der Waals surface area contributed by atoms with E-state index in [1.54, 1.807) is 13.1 Å². The van der Waals surface area contributed by atoms with Crippen molar-refractivity contribution in [1.82, 2.24) is 0 Å². The number of nitro benzene ring substituents is 1. The lowest BCUT2D eigenvalue weighted by atomic mass is 10.1. The van der Waals surface area contributed by atoms with Crippen molar-refractivity contribution in [3.8, 4) is 0 Å². The monoisotopic (exact) mass is 180 g/mol. The third-order valence-electron chi connectivity index (χ3n) is 1.91. The molecular formula is C9H12N2O2. The Labute approximate surface area is 76.7 Å². The van der Waals surface area contributed by atoms with Gasteiger partial charge in [-0.1, -0.05) is 6.07 Å². The molecule has 0 saturated heterocycles. The summed E-state index contributed by atoms with van der Waals surface area (Å²) in [6.45, 7) is 3.70. The molecule has 0 bridgehead atoms. The maximum absolute atomic E-state index is 10.7. The summed E-state index contributed by atoms with van der Waals surface area (Å²) >= 11 is 0. The summed E-state index contributed by atoms with van der Waals surface area (Å²) in [4.78, 5) is 10.3. The molecule has 1 rings (SSSR count). The number of nitrogens with zero attached hydrogens (tertiary/aromatic N) is 1. The second-order valence-electron chi connectivity index (χ2n) is 2.98. The van der Waals surface area contributed by atoms with Crippen LogP contribution < -0.4 is 5.32 Å². The first kappa shape index (κ1) is 9.51. The van der Waals surface area contributed by atoms with Crippen LogP contribution in [0.25, 0.3) is 0 Å². The Kier molecular flexibility index (Phi) is 2.51. The van der Waals surface area contributed by atoms with Crippen LogP contribution in [-0.4, -0.2) is 12.0 Å².